The van der Waals surface area contributed by atoms with E-state index in [9.17, 15) is 9.59 Å². The first-order valence-corrected chi connectivity index (χ1v) is 12.8. The Balaban J connectivity index is 1.47. The van der Waals surface area contributed by atoms with Crippen molar-refractivity contribution < 1.29 is 9.59 Å². The van der Waals surface area contributed by atoms with Gasteiger partial charge >= 0.3 is 0 Å². The zero-order valence-electron chi connectivity index (χ0n) is 19.8. The number of amides is 2. The number of rotatable bonds is 4. The Morgan fingerprint density at radius 2 is 2.03 bits per heavy atom. The van der Waals surface area contributed by atoms with Crippen LogP contribution in [0, 0.1) is 0 Å². The second kappa shape index (κ2) is 8.57. The Labute approximate surface area is 207 Å². The van der Waals surface area contributed by atoms with E-state index in [2.05, 4.69) is 17.0 Å². The van der Waals surface area contributed by atoms with Gasteiger partial charge in [0, 0.05) is 61.2 Å². The van der Waals surface area contributed by atoms with Crippen molar-refractivity contribution in [2.24, 2.45) is 7.05 Å². The van der Waals surface area contributed by atoms with Crippen LogP contribution in [0.2, 0.25) is 0 Å². The Morgan fingerprint density at radius 1 is 1.14 bits per heavy atom. The molecule has 1 fully saturated rings. The van der Waals surface area contributed by atoms with Gasteiger partial charge in [-0.2, -0.15) is 5.10 Å². The molecule has 178 valence electrons. The van der Waals surface area contributed by atoms with Crippen LogP contribution in [0.15, 0.2) is 36.8 Å². The molecule has 0 saturated carbocycles. The molecule has 35 heavy (non-hydrogen) atoms. The number of piperidine rings is 1. The molecular weight excluding hydrogens is 460 g/mol. The number of pyridine rings is 1. The predicted octanol–water partition coefficient (Wildman–Crippen LogP) is 4.33. The van der Waals surface area contributed by atoms with Crippen molar-refractivity contribution in [2.45, 2.75) is 45.7 Å². The molecule has 1 saturated heterocycles. The highest BCUT2D eigenvalue weighted by atomic mass is 32.1. The van der Waals surface area contributed by atoms with Gasteiger partial charge in [-0.3, -0.25) is 24.2 Å². The molecule has 3 aromatic heterocycles. The first-order chi connectivity index (χ1) is 17.0. The van der Waals surface area contributed by atoms with Gasteiger partial charge in [0.25, 0.3) is 5.91 Å². The van der Waals surface area contributed by atoms with Crippen molar-refractivity contribution in [1.82, 2.24) is 24.6 Å². The van der Waals surface area contributed by atoms with Gasteiger partial charge in [0.05, 0.1) is 28.7 Å². The third-order valence-corrected chi connectivity index (χ3v) is 8.03. The molecule has 2 amide bonds. The second-order valence-corrected chi connectivity index (χ2v) is 10.2. The van der Waals surface area contributed by atoms with Gasteiger partial charge in [0.2, 0.25) is 5.91 Å². The van der Waals surface area contributed by atoms with Crippen LogP contribution in [0.4, 0.5) is 5.13 Å². The number of benzene rings is 1. The highest BCUT2D eigenvalue weighted by Crippen LogP contribution is 2.39. The standard InChI is InChI=1S/C26H26N6O2S/c1-3-16-7-8-27-13-20(16)19-10-17(25(34)31-14-18-12-28-30(2)21(18)15-31)11-22-24(19)29-26(35-22)32-9-5-4-6-23(32)33/h7-8,10-13H,3-6,9,14-15H2,1-2H3. The lowest BCUT2D eigenvalue weighted by Crippen LogP contribution is -2.35. The number of carbonyl (C=O) groups excluding carboxylic acids is 2. The summed E-state index contributed by atoms with van der Waals surface area (Å²) in [5, 5.41) is 5.01. The topological polar surface area (TPSA) is 84.2 Å². The number of anilines is 1. The van der Waals surface area contributed by atoms with Crippen molar-refractivity contribution in [3.05, 3.63) is 59.2 Å². The van der Waals surface area contributed by atoms with Crippen molar-refractivity contribution in [2.75, 3.05) is 11.4 Å². The maximum Gasteiger partial charge on any atom is 0.254 e. The summed E-state index contributed by atoms with van der Waals surface area (Å²) in [4.78, 5) is 39.2. The minimum Gasteiger partial charge on any atom is -0.328 e. The molecule has 0 aliphatic carbocycles. The quantitative estimate of drug-likeness (QED) is 0.429. The molecule has 0 bridgehead atoms. The highest BCUT2D eigenvalue weighted by molar-refractivity contribution is 7.22. The van der Waals surface area contributed by atoms with Gasteiger partial charge in [-0.1, -0.05) is 18.3 Å². The maximum absolute atomic E-state index is 13.7. The van der Waals surface area contributed by atoms with E-state index in [0.29, 0.717) is 36.8 Å². The van der Waals surface area contributed by atoms with Gasteiger partial charge in [-0.25, -0.2) is 4.98 Å². The average Bonchev–Trinajstić information content (AvgIpc) is 3.59. The maximum atomic E-state index is 13.7. The average molecular weight is 487 g/mol. The van der Waals surface area contributed by atoms with E-state index >= 15 is 0 Å². The van der Waals surface area contributed by atoms with Gasteiger partial charge in [0.1, 0.15) is 0 Å². The van der Waals surface area contributed by atoms with Crippen LogP contribution in [0.1, 0.15) is 53.4 Å². The van der Waals surface area contributed by atoms with E-state index in [1.165, 1.54) is 11.3 Å². The summed E-state index contributed by atoms with van der Waals surface area (Å²) in [6.45, 7) is 3.90. The molecule has 0 N–H and O–H groups in total. The van der Waals surface area contributed by atoms with Crippen molar-refractivity contribution >= 4 is 38.5 Å². The van der Waals surface area contributed by atoms with Crippen LogP contribution in [0.5, 0.6) is 0 Å². The lowest BCUT2D eigenvalue weighted by atomic mass is 9.97. The molecular formula is C26H26N6O2S. The van der Waals surface area contributed by atoms with Gasteiger partial charge in [-0.05, 0) is 43.0 Å². The summed E-state index contributed by atoms with van der Waals surface area (Å²) in [7, 11) is 1.91. The normalized spacial score (nSPS) is 15.8. The van der Waals surface area contributed by atoms with E-state index in [1.807, 2.05) is 47.2 Å². The Kier molecular flexibility index (Phi) is 5.36. The number of aryl methyl sites for hydroxylation is 2. The SMILES string of the molecule is CCc1ccncc1-c1cc(C(=O)N2Cc3cnn(C)c3C2)cc2sc(N3CCCCC3=O)nc12. The Morgan fingerprint density at radius 3 is 2.83 bits per heavy atom. The van der Waals surface area contributed by atoms with E-state index in [1.54, 1.807) is 11.1 Å². The molecule has 1 aromatic carbocycles. The number of hydrogen-bond acceptors (Lipinski definition) is 6. The van der Waals surface area contributed by atoms with Gasteiger partial charge < -0.3 is 4.90 Å². The van der Waals surface area contributed by atoms with Gasteiger partial charge in [0.15, 0.2) is 5.13 Å². The molecule has 8 nitrogen and oxygen atoms in total. The van der Waals surface area contributed by atoms with Crippen molar-refractivity contribution in [3.8, 4) is 11.1 Å². The van der Waals surface area contributed by atoms with E-state index in [4.69, 9.17) is 4.98 Å². The lowest BCUT2D eigenvalue weighted by Gasteiger charge is -2.23. The van der Waals surface area contributed by atoms with Crippen LogP contribution in [-0.2, 0) is 31.4 Å². The minimum atomic E-state index is -0.0183. The monoisotopic (exact) mass is 486 g/mol. The summed E-state index contributed by atoms with van der Waals surface area (Å²) < 4.78 is 2.74. The zero-order chi connectivity index (χ0) is 24.1. The van der Waals surface area contributed by atoms with E-state index in [-0.39, 0.29) is 11.8 Å². The highest BCUT2D eigenvalue weighted by Gasteiger charge is 2.29. The number of aromatic nitrogens is 4. The predicted molar refractivity (Wildman–Crippen MR) is 135 cm³/mol. The minimum absolute atomic E-state index is 0.0183. The Hall–Kier alpha value is -3.59. The van der Waals surface area contributed by atoms with Crippen LogP contribution in [-0.4, -0.2) is 43.0 Å². The molecule has 2 aliphatic heterocycles. The van der Waals surface area contributed by atoms with Crippen LogP contribution < -0.4 is 4.90 Å². The molecule has 9 heteroatoms. The fourth-order valence-corrected chi connectivity index (χ4v) is 6.13. The summed E-state index contributed by atoms with van der Waals surface area (Å²) in [5.41, 5.74) is 6.62. The summed E-state index contributed by atoms with van der Waals surface area (Å²) in [6, 6.07) is 5.89. The first-order valence-electron chi connectivity index (χ1n) is 12.0. The number of hydrogen-bond donors (Lipinski definition) is 0. The number of thiazole rings is 1. The summed E-state index contributed by atoms with van der Waals surface area (Å²) in [5.74, 6) is 0.0995. The van der Waals surface area contributed by atoms with Crippen LogP contribution >= 0.6 is 11.3 Å². The Bertz CT molecular complexity index is 1470. The van der Waals surface area contributed by atoms with E-state index < -0.39 is 0 Å². The molecule has 0 spiro atoms. The molecule has 4 aromatic rings. The molecule has 0 atom stereocenters. The first kappa shape index (κ1) is 21.9. The molecule has 6 rings (SSSR count). The fourth-order valence-electron chi connectivity index (χ4n) is 5.06. The molecule has 0 unspecified atom stereocenters. The molecule has 0 radical (unpaired) electrons. The lowest BCUT2D eigenvalue weighted by molar-refractivity contribution is -0.119. The smallest absolute Gasteiger partial charge is 0.254 e. The van der Waals surface area contributed by atoms with Crippen LogP contribution in [0.3, 0.4) is 0 Å². The summed E-state index contributed by atoms with van der Waals surface area (Å²) in [6.07, 6.45) is 8.78. The molecule has 5 heterocycles. The third kappa shape index (κ3) is 3.70. The number of fused-ring (bicyclic) bond motifs is 2. The van der Waals surface area contributed by atoms with Gasteiger partial charge in [-0.15, -0.1) is 0 Å². The number of carbonyl (C=O) groups is 2. The molecule has 2 aliphatic rings. The van der Waals surface area contributed by atoms with Crippen molar-refractivity contribution in [1.29, 1.82) is 0 Å². The van der Waals surface area contributed by atoms with Crippen LogP contribution in [0.25, 0.3) is 21.3 Å². The number of nitrogens with zero attached hydrogens (tertiary/aromatic N) is 6. The second-order valence-electron chi connectivity index (χ2n) is 9.16. The zero-order valence-corrected chi connectivity index (χ0v) is 20.6. The largest absolute Gasteiger partial charge is 0.328 e. The fraction of sp³-hybridized carbons (Fsp3) is 0.346. The van der Waals surface area contributed by atoms with E-state index in [0.717, 1.165) is 57.4 Å². The third-order valence-electron chi connectivity index (χ3n) is 7.00. The summed E-state index contributed by atoms with van der Waals surface area (Å²) >= 11 is 1.48. The van der Waals surface area contributed by atoms with Crippen molar-refractivity contribution in [3.63, 3.8) is 0 Å².